The number of methoxy groups -OCH3 is 1. The average molecular weight is 291 g/mol. The summed E-state index contributed by atoms with van der Waals surface area (Å²) >= 11 is 0. The minimum atomic E-state index is -0.637. The van der Waals surface area contributed by atoms with Crippen molar-refractivity contribution < 1.29 is 23.6 Å². The Morgan fingerprint density at radius 1 is 1.19 bits per heavy atom. The van der Waals surface area contributed by atoms with Crippen molar-refractivity contribution in [2.24, 2.45) is 0 Å². The number of rotatable bonds is 5. The van der Waals surface area contributed by atoms with E-state index >= 15 is 0 Å². The monoisotopic (exact) mass is 291 g/mol. The summed E-state index contributed by atoms with van der Waals surface area (Å²) in [5.74, 6) is -0.354. The first-order valence-electron chi connectivity index (χ1n) is 5.80. The van der Waals surface area contributed by atoms with Crippen molar-refractivity contribution in [2.75, 3.05) is 7.11 Å². The summed E-state index contributed by atoms with van der Waals surface area (Å²) < 4.78 is 23.3. The molecular weight excluding hydrogens is 281 g/mol. The molecule has 21 heavy (non-hydrogen) atoms. The molecule has 2 aromatic carbocycles. The van der Waals surface area contributed by atoms with Gasteiger partial charge in [-0.2, -0.15) is 0 Å². The average Bonchev–Trinajstić information content (AvgIpc) is 2.49. The molecule has 0 aromatic heterocycles. The maximum absolute atomic E-state index is 13.0. The van der Waals surface area contributed by atoms with Crippen LogP contribution in [-0.2, 0) is 0 Å². The van der Waals surface area contributed by atoms with Crippen molar-refractivity contribution >= 4 is 12.0 Å². The fraction of sp³-hybridized carbons (Fsp3) is 0.0714. The zero-order chi connectivity index (χ0) is 15.4. The Bertz CT molecular complexity index is 702. The van der Waals surface area contributed by atoms with Crippen LogP contribution in [0.2, 0.25) is 0 Å². The number of benzene rings is 2. The number of ether oxygens (including phenoxy) is 2. The van der Waals surface area contributed by atoms with E-state index in [1.54, 1.807) is 0 Å². The fourth-order valence-electron chi connectivity index (χ4n) is 1.68. The summed E-state index contributed by atoms with van der Waals surface area (Å²) in [5.41, 5.74) is -0.365. The Kier molecular flexibility index (Phi) is 4.13. The standard InChI is InChI=1S/C14H10FNO5/c1-20-11-3-5-14(12(7-11)16(18)19)21-13-4-2-10(15)6-9(13)8-17/h2-8H,1H3. The third-order valence-electron chi connectivity index (χ3n) is 2.68. The highest BCUT2D eigenvalue weighted by atomic mass is 19.1. The van der Waals surface area contributed by atoms with Gasteiger partial charge in [-0.1, -0.05) is 0 Å². The number of aldehydes is 1. The van der Waals surface area contributed by atoms with Gasteiger partial charge in [-0.15, -0.1) is 0 Å². The largest absolute Gasteiger partial charge is 0.496 e. The van der Waals surface area contributed by atoms with Crippen LogP contribution in [0.4, 0.5) is 10.1 Å². The number of carbonyl (C=O) groups is 1. The van der Waals surface area contributed by atoms with Gasteiger partial charge in [0, 0.05) is 0 Å². The van der Waals surface area contributed by atoms with E-state index in [0.717, 1.165) is 12.1 Å². The van der Waals surface area contributed by atoms with Crippen LogP contribution in [0.1, 0.15) is 10.4 Å². The first kappa shape index (κ1) is 14.4. The maximum Gasteiger partial charge on any atom is 0.315 e. The molecule has 0 heterocycles. The molecule has 0 aliphatic rings. The van der Waals surface area contributed by atoms with Gasteiger partial charge in [0.25, 0.3) is 0 Å². The number of carbonyl (C=O) groups excluding carboxylic acids is 1. The molecular formula is C14H10FNO5. The molecule has 0 amide bonds. The molecule has 2 rings (SSSR count). The second kappa shape index (κ2) is 6.00. The van der Waals surface area contributed by atoms with Crippen LogP contribution in [0.3, 0.4) is 0 Å². The number of nitrogens with zero attached hydrogens (tertiary/aromatic N) is 1. The maximum atomic E-state index is 13.0. The van der Waals surface area contributed by atoms with Gasteiger partial charge in [-0.25, -0.2) is 4.39 Å². The van der Waals surface area contributed by atoms with Gasteiger partial charge in [0.1, 0.15) is 17.3 Å². The van der Waals surface area contributed by atoms with E-state index in [4.69, 9.17) is 9.47 Å². The van der Waals surface area contributed by atoms with E-state index in [-0.39, 0.29) is 22.7 Å². The Hall–Kier alpha value is -2.96. The molecule has 0 aliphatic heterocycles. The quantitative estimate of drug-likeness (QED) is 0.479. The molecule has 6 nitrogen and oxygen atoms in total. The lowest BCUT2D eigenvalue weighted by atomic mass is 10.2. The number of halogens is 1. The summed E-state index contributed by atoms with van der Waals surface area (Å²) in [4.78, 5) is 21.3. The van der Waals surface area contributed by atoms with Gasteiger partial charge >= 0.3 is 5.69 Å². The molecule has 0 saturated heterocycles. The van der Waals surface area contributed by atoms with Crippen LogP contribution < -0.4 is 9.47 Å². The van der Waals surface area contributed by atoms with Crippen molar-refractivity contribution in [3.05, 3.63) is 57.9 Å². The molecule has 2 aromatic rings. The molecule has 0 bridgehead atoms. The van der Waals surface area contributed by atoms with Crippen LogP contribution >= 0.6 is 0 Å². The number of nitro benzene ring substituents is 1. The zero-order valence-electron chi connectivity index (χ0n) is 10.9. The Morgan fingerprint density at radius 2 is 1.90 bits per heavy atom. The van der Waals surface area contributed by atoms with Crippen LogP contribution in [0, 0.1) is 15.9 Å². The van der Waals surface area contributed by atoms with E-state index in [2.05, 4.69) is 0 Å². The van der Waals surface area contributed by atoms with Crippen LogP contribution in [0.15, 0.2) is 36.4 Å². The van der Waals surface area contributed by atoms with Crippen molar-refractivity contribution in [3.8, 4) is 17.2 Å². The molecule has 0 radical (unpaired) electrons. The number of hydrogen-bond acceptors (Lipinski definition) is 5. The lowest BCUT2D eigenvalue weighted by molar-refractivity contribution is -0.385. The minimum absolute atomic E-state index is 0.0275. The Morgan fingerprint density at radius 3 is 2.52 bits per heavy atom. The van der Waals surface area contributed by atoms with E-state index < -0.39 is 10.7 Å². The number of hydrogen-bond donors (Lipinski definition) is 0. The van der Waals surface area contributed by atoms with Crippen molar-refractivity contribution in [2.45, 2.75) is 0 Å². The second-order valence-electron chi connectivity index (χ2n) is 3.99. The van der Waals surface area contributed by atoms with Gasteiger partial charge in [-0.3, -0.25) is 14.9 Å². The van der Waals surface area contributed by atoms with Gasteiger partial charge in [0.2, 0.25) is 5.75 Å². The summed E-state index contributed by atoms with van der Waals surface area (Å²) in [6.45, 7) is 0. The minimum Gasteiger partial charge on any atom is -0.496 e. The summed E-state index contributed by atoms with van der Waals surface area (Å²) in [5, 5.41) is 11.0. The first-order valence-corrected chi connectivity index (χ1v) is 5.80. The molecule has 0 atom stereocenters. The van der Waals surface area contributed by atoms with Gasteiger partial charge < -0.3 is 9.47 Å². The highest BCUT2D eigenvalue weighted by molar-refractivity contribution is 5.79. The van der Waals surface area contributed by atoms with Gasteiger partial charge in [-0.05, 0) is 30.3 Å². The highest BCUT2D eigenvalue weighted by Crippen LogP contribution is 2.35. The topological polar surface area (TPSA) is 78.7 Å². The SMILES string of the molecule is COc1ccc(Oc2ccc(F)cc2C=O)c([N+](=O)[O-])c1. The molecule has 0 spiro atoms. The van der Waals surface area contributed by atoms with E-state index in [1.807, 2.05) is 0 Å². The fourth-order valence-corrected chi connectivity index (χ4v) is 1.68. The predicted octanol–water partition coefficient (Wildman–Crippen LogP) is 3.35. The lowest BCUT2D eigenvalue weighted by Crippen LogP contribution is -1.97. The van der Waals surface area contributed by atoms with Crippen molar-refractivity contribution in [1.82, 2.24) is 0 Å². The van der Waals surface area contributed by atoms with Crippen molar-refractivity contribution in [3.63, 3.8) is 0 Å². The lowest BCUT2D eigenvalue weighted by Gasteiger charge is -2.09. The highest BCUT2D eigenvalue weighted by Gasteiger charge is 2.18. The predicted molar refractivity (Wildman–Crippen MR) is 71.5 cm³/mol. The second-order valence-corrected chi connectivity index (χ2v) is 3.99. The van der Waals surface area contributed by atoms with Crippen LogP contribution in [0.5, 0.6) is 17.2 Å². The molecule has 108 valence electrons. The van der Waals surface area contributed by atoms with Gasteiger partial charge in [0.05, 0.1) is 23.7 Å². The molecule has 0 saturated carbocycles. The van der Waals surface area contributed by atoms with E-state index in [9.17, 15) is 19.3 Å². The zero-order valence-corrected chi connectivity index (χ0v) is 10.9. The normalized spacial score (nSPS) is 10.0. The molecule has 0 N–H and O–H groups in total. The molecule has 7 heteroatoms. The summed E-state index contributed by atoms with van der Waals surface area (Å²) in [6.07, 6.45) is 0.410. The Balaban J connectivity index is 2.44. The van der Waals surface area contributed by atoms with E-state index in [1.165, 1.54) is 31.4 Å². The van der Waals surface area contributed by atoms with Crippen LogP contribution in [-0.4, -0.2) is 18.3 Å². The summed E-state index contributed by atoms with van der Waals surface area (Å²) in [6, 6.07) is 7.32. The molecule has 0 aliphatic carbocycles. The van der Waals surface area contributed by atoms with E-state index in [0.29, 0.717) is 12.0 Å². The third-order valence-corrected chi connectivity index (χ3v) is 2.68. The van der Waals surface area contributed by atoms with Gasteiger partial charge in [0.15, 0.2) is 6.29 Å². The first-order chi connectivity index (χ1) is 10.0. The third kappa shape index (κ3) is 3.14. The van der Waals surface area contributed by atoms with Crippen molar-refractivity contribution in [1.29, 1.82) is 0 Å². The smallest absolute Gasteiger partial charge is 0.315 e. The summed E-state index contributed by atoms with van der Waals surface area (Å²) in [7, 11) is 1.38. The van der Waals surface area contributed by atoms with Crippen LogP contribution in [0.25, 0.3) is 0 Å². The molecule has 0 unspecified atom stereocenters. The molecule has 0 fully saturated rings. The Labute approximate surface area is 118 Å². The number of nitro groups is 1.